The summed E-state index contributed by atoms with van der Waals surface area (Å²) in [5, 5.41) is 29.7. The maximum Gasteiger partial charge on any atom is 0.408 e. The molecule has 10 atom stereocenters. The lowest BCUT2D eigenvalue weighted by molar-refractivity contribution is -0.144. The van der Waals surface area contributed by atoms with E-state index in [1.54, 1.807) is 115 Å². The molecule has 4 aromatic rings. The van der Waals surface area contributed by atoms with Crippen LogP contribution in [0.2, 0.25) is 0 Å². The third-order valence-corrected chi connectivity index (χ3v) is 20.4. The maximum absolute atomic E-state index is 15.2. The molecule has 2 fully saturated rings. The number of hydrogen-bond donors (Lipinski definition) is 15. The predicted octanol–water partition coefficient (Wildman–Crippen LogP) is 1.66. The van der Waals surface area contributed by atoms with Crippen molar-refractivity contribution >= 4 is 107 Å². The van der Waals surface area contributed by atoms with Crippen molar-refractivity contribution in [2.24, 2.45) is 33.8 Å². The summed E-state index contributed by atoms with van der Waals surface area (Å²) < 4.78 is 10.8. The van der Waals surface area contributed by atoms with Gasteiger partial charge in [0.1, 0.15) is 73.6 Å². The van der Waals surface area contributed by atoms with E-state index in [-0.39, 0.29) is 128 Å². The second-order valence-electron chi connectivity index (χ2n) is 29.7. The Hall–Kier alpha value is -11.9. The predicted molar refractivity (Wildman–Crippen MR) is 445 cm³/mol. The van der Waals surface area contributed by atoms with E-state index >= 15 is 4.79 Å². The van der Waals surface area contributed by atoms with Crippen LogP contribution in [-0.4, -0.2) is 216 Å². The number of amides is 15. The number of nitrogens with zero attached hydrogens (tertiary/aromatic N) is 3. The minimum Gasteiger partial charge on any atom is -0.445 e. The van der Waals surface area contributed by atoms with Gasteiger partial charge in [-0.15, -0.1) is 0 Å². The van der Waals surface area contributed by atoms with Gasteiger partial charge in [0.2, 0.25) is 76.8 Å². The highest BCUT2D eigenvalue weighted by Gasteiger charge is 2.43. The summed E-state index contributed by atoms with van der Waals surface area (Å²) in [6.45, 7) is 5.60. The number of rotatable bonds is 51. The van der Waals surface area contributed by atoms with Gasteiger partial charge in [0.15, 0.2) is 5.96 Å². The molecule has 0 aliphatic carbocycles. The molecule has 0 spiro atoms. The quantitative estimate of drug-likeness (QED) is 0.0170. The fraction of sp³-hybridized carbons (Fsp3) is 0.518. The molecule has 0 radical (unpaired) electrons. The zero-order valence-corrected chi connectivity index (χ0v) is 69.0. The highest BCUT2D eigenvalue weighted by atomic mass is 32.2. The lowest BCUT2D eigenvalue weighted by Crippen LogP contribution is -2.60. The number of unbranched alkanes of at least 4 members (excludes halogenated alkanes) is 2. The highest BCUT2D eigenvalue weighted by Crippen LogP contribution is 2.25. The number of benzene rings is 4. The Morgan fingerprint density at radius 2 is 0.866 bits per heavy atom. The van der Waals surface area contributed by atoms with E-state index in [1.165, 1.54) is 21.6 Å². The minimum atomic E-state index is -1.70. The number of primary amides is 2. The molecule has 6 rings (SSSR count). The van der Waals surface area contributed by atoms with Crippen molar-refractivity contribution in [1.82, 2.24) is 68.3 Å². The van der Waals surface area contributed by atoms with Crippen LogP contribution in [0.4, 0.5) is 9.59 Å². The zero-order chi connectivity index (χ0) is 86.6. The van der Waals surface area contributed by atoms with Crippen molar-refractivity contribution in [3.05, 3.63) is 144 Å². The van der Waals surface area contributed by atoms with Crippen molar-refractivity contribution in [1.29, 1.82) is 0 Å². The van der Waals surface area contributed by atoms with Crippen LogP contribution in [0.5, 0.6) is 0 Å². The van der Waals surface area contributed by atoms with Crippen LogP contribution in [0.25, 0.3) is 0 Å². The van der Waals surface area contributed by atoms with Crippen LogP contribution < -0.4 is 81.4 Å². The van der Waals surface area contributed by atoms with Crippen LogP contribution in [0.1, 0.15) is 152 Å². The Labute approximate surface area is 698 Å². The normalized spacial score (nSPS) is 15.5. The standard InChI is InChI=1S/C83H118N18O17S/c1-5-6-41-88-71(105)60(40-46-119-4)94-75(109)63(47-53(2)3)92-70(104)50-91-72(106)64(48-54-24-11-7-12-25-54)97-76(110)65(49-55-26-13-8-14-27-55)98-74(108)58(36-38-68(84)102)93-73(107)59(37-39-69(85)103)95-77(111)66-34-22-44-100(66)79(113)61(32-19-20-42-90-82(115)117-51-56-28-15-9-16-29-56)96-78(112)67-35-23-45-101(67)80(114)62(33-21-43-89-81(86)87)99-83(116)118-52-57-30-17-10-18-31-57/h7-18,24-31,53,58-67H,5-6,19-23,32-52H2,1-4H3,(H2,84,102)(H2,85,103)(H,88,105)(H,90,115)(H,91,106)(H,92,104)(H,93,107)(H,94,109)(H,95,111)(H,96,112)(H,97,110)(H,98,108)(H,99,116)(H4,86,87,89)/t58-,59-,60-,61-,62-,63-,64-,65-,66-,67-/m0/s1. The summed E-state index contributed by atoms with van der Waals surface area (Å²) in [4.78, 5) is 217. The van der Waals surface area contributed by atoms with Crippen molar-refractivity contribution in [3.8, 4) is 0 Å². The molecule has 2 saturated heterocycles. The second kappa shape index (κ2) is 52.1. The number of carbonyl (C=O) groups excluding carboxylic acids is 15. The average molecular weight is 1670 g/mol. The molecule has 2 aliphatic heterocycles. The molecular formula is C83H118N18O17S. The summed E-state index contributed by atoms with van der Waals surface area (Å²) in [5.41, 5.74) is 24.9. The molecule has 119 heavy (non-hydrogen) atoms. The van der Waals surface area contributed by atoms with E-state index in [4.69, 9.17) is 32.4 Å². The van der Waals surface area contributed by atoms with Crippen molar-refractivity contribution in [2.45, 2.75) is 216 Å². The van der Waals surface area contributed by atoms with E-state index in [0.29, 0.717) is 41.8 Å². The molecule has 4 aromatic carbocycles. The van der Waals surface area contributed by atoms with E-state index < -0.39 is 176 Å². The number of nitrogens with one attached hydrogen (secondary N) is 11. The Morgan fingerprint density at radius 3 is 1.35 bits per heavy atom. The summed E-state index contributed by atoms with van der Waals surface area (Å²) in [7, 11) is 0. The molecule has 19 N–H and O–H groups in total. The molecule has 0 unspecified atom stereocenters. The van der Waals surface area contributed by atoms with Crippen molar-refractivity contribution in [3.63, 3.8) is 0 Å². The van der Waals surface area contributed by atoms with Gasteiger partial charge in [-0.05, 0) is 130 Å². The summed E-state index contributed by atoms with van der Waals surface area (Å²) in [6.07, 6.45) is 1.55. The van der Waals surface area contributed by atoms with Gasteiger partial charge in [0.25, 0.3) is 0 Å². The molecule has 35 nitrogen and oxygen atoms in total. The second-order valence-corrected chi connectivity index (χ2v) is 30.7. The van der Waals surface area contributed by atoms with Gasteiger partial charge < -0.3 is 101 Å². The first kappa shape index (κ1) is 96.0. The largest absolute Gasteiger partial charge is 0.445 e. The number of nitrogens with two attached hydrogens (primary N) is 4. The Bertz CT molecular complexity index is 4020. The fourth-order valence-electron chi connectivity index (χ4n) is 13.5. The van der Waals surface area contributed by atoms with E-state index in [2.05, 4.69) is 63.5 Å². The molecule has 0 bridgehead atoms. The molecule has 0 aromatic heterocycles. The number of carbonyl (C=O) groups is 15. The van der Waals surface area contributed by atoms with Gasteiger partial charge in [-0.2, -0.15) is 11.8 Å². The number of alkyl carbamates (subject to hydrolysis) is 2. The van der Waals surface area contributed by atoms with Gasteiger partial charge >= 0.3 is 12.2 Å². The van der Waals surface area contributed by atoms with Gasteiger partial charge in [-0.1, -0.05) is 149 Å². The number of ether oxygens (including phenoxy) is 2. The summed E-state index contributed by atoms with van der Waals surface area (Å²) >= 11 is 1.50. The molecule has 2 heterocycles. The van der Waals surface area contributed by atoms with E-state index in [1.807, 2.05) is 33.1 Å². The molecule has 15 amide bonds. The van der Waals surface area contributed by atoms with Crippen molar-refractivity contribution < 1.29 is 81.4 Å². The lowest BCUT2D eigenvalue weighted by atomic mass is 10.0. The Kier molecular flexibility index (Phi) is 42.0. The van der Waals surface area contributed by atoms with Gasteiger partial charge in [-0.25, -0.2) is 9.59 Å². The third-order valence-electron chi connectivity index (χ3n) is 19.8. The number of thioether (sulfide) groups is 1. The first-order valence-corrected chi connectivity index (χ1v) is 41.9. The molecule has 2 aliphatic rings. The number of likely N-dealkylation sites (tertiary alicyclic amines) is 2. The lowest BCUT2D eigenvalue weighted by Gasteiger charge is -2.32. The minimum absolute atomic E-state index is 0.00341. The van der Waals surface area contributed by atoms with Crippen molar-refractivity contribution in [2.75, 3.05) is 51.3 Å². The molecule has 36 heteroatoms. The third kappa shape index (κ3) is 35.1. The van der Waals surface area contributed by atoms with Crippen LogP contribution in [0, 0.1) is 5.92 Å². The van der Waals surface area contributed by atoms with Crippen LogP contribution >= 0.6 is 11.8 Å². The zero-order valence-electron chi connectivity index (χ0n) is 68.2. The molecular weight excluding hydrogens is 1550 g/mol. The van der Waals surface area contributed by atoms with E-state index in [9.17, 15) is 67.1 Å². The smallest absolute Gasteiger partial charge is 0.408 e. The first-order chi connectivity index (χ1) is 57.1. The highest BCUT2D eigenvalue weighted by molar-refractivity contribution is 7.98. The monoisotopic (exact) mass is 1670 g/mol. The van der Waals surface area contributed by atoms with Gasteiger partial charge in [0, 0.05) is 58.4 Å². The SMILES string of the molecule is CCCCNC(=O)[C@H](CCSC)NC(=O)[C@H](CC(C)C)NC(=O)CNC(=O)[C@H](Cc1ccccc1)NC(=O)[C@H](Cc1ccccc1)NC(=O)[C@H](CCC(N)=O)NC(=O)[C@H](CCC(N)=O)NC(=O)[C@@H]1CCCN1C(=O)[C@H](CCCCNC(=O)OCc1ccccc1)NC(=O)[C@@H]1CCCN1C(=O)[C@H](CCCN=C(N)N)NC(=O)OCc1ccccc1. The number of aliphatic imine (C=N–C) groups is 1. The molecule has 0 saturated carbocycles. The maximum atomic E-state index is 15.2. The fourth-order valence-corrected chi connectivity index (χ4v) is 14.0. The average Bonchev–Trinajstić information content (AvgIpc) is 1.71. The van der Waals surface area contributed by atoms with Crippen LogP contribution in [0.15, 0.2) is 126 Å². The Balaban J connectivity index is 1.21. The van der Waals surface area contributed by atoms with Gasteiger partial charge in [-0.3, -0.25) is 67.3 Å². The van der Waals surface area contributed by atoms with E-state index in [0.717, 1.165) is 18.4 Å². The van der Waals surface area contributed by atoms with Crippen LogP contribution in [0.3, 0.4) is 0 Å². The van der Waals surface area contributed by atoms with Gasteiger partial charge in [0.05, 0.1) is 6.54 Å². The molecule has 648 valence electrons. The topological polar surface area (TPSA) is 530 Å². The van der Waals surface area contributed by atoms with Crippen LogP contribution in [-0.2, 0) is 97.9 Å². The first-order valence-electron chi connectivity index (χ1n) is 40.5. The number of guanidine groups is 1. The summed E-state index contributed by atoms with van der Waals surface area (Å²) in [6, 6.07) is 21.5. The number of hydrogen-bond acceptors (Lipinski definition) is 19. The summed E-state index contributed by atoms with van der Waals surface area (Å²) in [5.74, 6) is -10.0. The Morgan fingerprint density at radius 1 is 0.445 bits per heavy atom.